The number of likely N-dealkylation sites (tertiary alicyclic amines) is 1. The molecule has 1 fully saturated rings. The van der Waals surface area contributed by atoms with Crippen molar-refractivity contribution in [1.82, 2.24) is 9.88 Å². The Morgan fingerprint density at radius 2 is 2.50 bits per heavy atom. The highest BCUT2D eigenvalue weighted by molar-refractivity contribution is 8.01. The van der Waals surface area contributed by atoms with Crippen LogP contribution in [-0.4, -0.2) is 35.3 Å². The van der Waals surface area contributed by atoms with E-state index in [1.54, 1.807) is 11.3 Å². The van der Waals surface area contributed by atoms with Crippen molar-refractivity contribution in [1.29, 1.82) is 0 Å². The number of nitrogens with zero attached hydrogens (tertiary/aromatic N) is 2. The van der Waals surface area contributed by atoms with Gasteiger partial charge in [0.2, 0.25) is 0 Å². The molecule has 3 nitrogen and oxygen atoms in total. The van der Waals surface area contributed by atoms with Crippen molar-refractivity contribution in [2.75, 3.05) is 25.1 Å². The number of nitrogen functional groups attached to an aromatic ring is 1. The highest BCUT2D eigenvalue weighted by atomic mass is 32.2. The van der Waals surface area contributed by atoms with E-state index < -0.39 is 0 Å². The van der Waals surface area contributed by atoms with Gasteiger partial charge >= 0.3 is 0 Å². The fourth-order valence-electron chi connectivity index (χ4n) is 2.14. The zero-order valence-corrected chi connectivity index (χ0v) is 11.3. The van der Waals surface area contributed by atoms with Crippen molar-refractivity contribution in [2.24, 2.45) is 0 Å². The summed E-state index contributed by atoms with van der Waals surface area (Å²) in [5.41, 5.74) is 5.60. The lowest BCUT2D eigenvalue weighted by atomic mass is 10.0. The summed E-state index contributed by atoms with van der Waals surface area (Å²) < 4.78 is 1.25. The molecule has 1 atom stereocenters. The van der Waals surface area contributed by atoms with Gasteiger partial charge in [-0.3, -0.25) is 0 Å². The number of thioether (sulfide) groups is 1. The molecular weight excluding hydrogens is 238 g/mol. The lowest BCUT2D eigenvalue weighted by molar-refractivity contribution is 0.182. The summed E-state index contributed by atoms with van der Waals surface area (Å²) in [6, 6.07) is 0.784. The van der Waals surface area contributed by atoms with E-state index in [0.29, 0.717) is 5.13 Å². The van der Waals surface area contributed by atoms with E-state index in [9.17, 15) is 0 Å². The second-order valence-corrected chi connectivity index (χ2v) is 6.74. The van der Waals surface area contributed by atoms with E-state index >= 15 is 0 Å². The van der Waals surface area contributed by atoms with Crippen LogP contribution in [0.4, 0.5) is 5.13 Å². The van der Waals surface area contributed by atoms with Gasteiger partial charge in [-0.2, -0.15) is 0 Å². The Hall–Kier alpha value is -0.260. The summed E-state index contributed by atoms with van der Waals surface area (Å²) >= 11 is 3.48. The first-order valence-corrected chi connectivity index (χ1v) is 7.60. The molecule has 0 aliphatic carbocycles. The molecule has 0 amide bonds. The van der Waals surface area contributed by atoms with Crippen LogP contribution in [0.15, 0.2) is 10.4 Å². The third kappa shape index (κ3) is 3.37. The number of aromatic nitrogens is 1. The van der Waals surface area contributed by atoms with Crippen LogP contribution in [0.1, 0.15) is 25.7 Å². The number of nitrogens with two attached hydrogens (primary N) is 1. The highest BCUT2D eigenvalue weighted by Crippen LogP contribution is 2.28. The molecular formula is C11H19N3S2. The first-order valence-electron chi connectivity index (χ1n) is 5.80. The Bertz CT molecular complexity index is 327. The smallest absolute Gasteiger partial charge is 0.181 e. The van der Waals surface area contributed by atoms with Gasteiger partial charge in [-0.05, 0) is 32.9 Å². The SMILES string of the molecule is CN1CCCCC1CCSc1cnc(N)s1. The summed E-state index contributed by atoms with van der Waals surface area (Å²) in [5.74, 6) is 1.18. The van der Waals surface area contributed by atoms with Gasteiger partial charge in [0.05, 0.1) is 10.4 Å². The maximum atomic E-state index is 5.60. The molecule has 0 radical (unpaired) electrons. The molecule has 90 valence electrons. The number of hydrogen-bond acceptors (Lipinski definition) is 5. The van der Waals surface area contributed by atoms with Crippen molar-refractivity contribution in [3.05, 3.63) is 6.20 Å². The van der Waals surface area contributed by atoms with Gasteiger partial charge < -0.3 is 10.6 Å². The Balaban J connectivity index is 1.71. The topological polar surface area (TPSA) is 42.2 Å². The van der Waals surface area contributed by atoms with Crippen LogP contribution in [0.3, 0.4) is 0 Å². The molecule has 5 heteroatoms. The Kier molecular flexibility index (Phi) is 4.49. The minimum Gasteiger partial charge on any atom is -0.375 e. The van der Waals surface area contributed by atoms with Crippen LogP contribution in [0.25, 0.3) is 0 Å². The largest absolute Gasteiger partial charge is 0.375 e. The predicted octanol–water partition coefficient (Wildman–Crippen LogP) is 2.69. The van der Waals surface area contributed by atoms with E-state index in [4.69, 9.17) is 5.73 Å². The third-order valence-electron chi connectivity index (χ3n) is 3.12. The second-order valence-electron chi connectivity index (χ2n) is 4.28. The molecule has 1 aromatic heterocycles. The predicted molar refractivity (Wildman–Crippen MR) is 72.1 cm³/mol. The molecule has 2 rings (SSSR count). The van der Waals surface area contributed by atoms with Crippen LogP contribution < -0.4 is 5.73 Å². The Morgan fingerprint density at radius 1 is 1.62 bits per heavy atom. The van der Waals surface area contributed by atoms with Gasteiger partial charge in [0, 0.05) is 11.8 Å². The van der Waals surface area contributed by atoms with Crippen molar-refractivity contribution < 1.29 is 0 Å². The molecule has 1 saturated heterocycles. The van der Waals surface area contributed by atoms with Gasteiger partial charge in [-0.1, -0.05) is 17.8 Å². The molecule has 1 aromatic rings. The third-order valence-corrected chi connectivity index (χ3v) is 5.17. The molecule has 2 N–H and O–H groups in total. The molecule has 0 spiro atoms. The van der Waals surface area contributed by atoms with Gasteiger partial charge in [0.25, 0.3) is 0 Å². The molecule has 0 bridgehead atoms. The molecule has 1 unspecified atom stereocenters. The van der Waals surface area contributed by atoms with E-state index in [1.165, 1.54) is 42.2 Å². The standard InChI is InChI=1S/C11H19N3S2/c1-14-6-3-2-4-9(14)5-7-15-10-8-13-11(12)16-10/h8-9H,2-7H2,1H3,(H2,12,13). The molecule has 2 heterocycles. The first-order chi connectivity index (χ1) is 7.75. The lowest BCUT2D eigenvalue weighted by Gasteiger charge is -2.32. The molecule has 1 aliphatic heterocycles. The molecule has 16 heavy (non-hydrogen) atoms. The molecule has 1 aliphatic rings. The van der Waals surface area contributed by atoms with Gasteiger partial charge in [-0.25, -0.2) is 4.98 Å². The van der Waals surface area contributed by atoms with E-state index in [0.717, 1.165) is 6.04 Å². The number of thiazole rings is 1. The number of piperidine rings is 1. The summed E-state index contributed by atoms with van der Waals surface area (Å²) in [7, 11) is 2.25. The van der Waals surface area contributed by atoms with E-state index in [-0.39, 0.29) is 0 Å². The van der Waals surface area contributed by atoms with Crippen molar-refractivity contribution in [3.8, 4) is 0 Å². The van der Waals surface area contributed by atoms with Crippen LogP contribution in [-0.2, 0) is 0 Å². The Labute approximate surface area is 105 Å². The Morgan fingerprint density at radius 3 is 3.19 bits per heavy atom. The van der Waals surface area contributed by atoms with Crippen molar-refractivity contribution >= 4 is 28.2 Å². The quantitative estimate of drug-likeness (QED) is 0.842. The lowest BCUT2D eigenvalue weighted by Crippen LogP contribution is -2.36. The molecule has 0 aromatic carbocycles. The minimum absolute atomic E-state index is 0.678. The summed E-state index contributed by atoms with van der Waals surface area (Å²) in [4.78, 5) is 6.57. The fraction of sp³-hybridized carbons (Fsp3) is 0.727. The van der Waals surface area contributed by atoms with Crippen LogP contribution in [0.5, 0.6) is 0 Å². The zero-order chi connectivity index (χ0) is 11.4. The maximum Gasteiger partial charge on any atom is 0.181 e. The van der Waals surface area contributed by atoms with Gasteiger partial charge in [0.15, 0.2) is 5.13 Å². The molecule has 0 saturated carbocycles. The highest BCUT2D eigenvalue weighted by Gasteiger charge is 2.18. The minimum atomic E-state index is 0.678. The maximum absolute atomic E-state index is 5.60. The van der Waals surface area contributed by atoms with Crippen LogP contribution >= 0.6 is 23.1 Å². The van der Waals surface area contributed by atoms with Crippen LogP contribution in [0.2, 0.25) is 0 Å². The number of anilines is 1. The summed E-state index contributed by atoms with van der Waals surface area (Å²) in [6.45, 7) is 1.27. The van der Waals surface area contributed by atoms with E-state index in [2.05, 4.69) is 16.9 Å². The van der Waals surface area contributed by atoms with Crippen molar-refractivity contribution in [3.63, 3.8) is 0 Å². The van der Waals surface area contributed by atoms with Crippen LogP contribution in [0, 0.1) is 0 Å². The number of rotatable bonds is 4. The average molecular weight is 257 g/mol. The first kappa shape index (κ1) is 12.2. The van der Waals surface area contributed by atoms with E-state index in [1.807, 2.05) is 18.0 Å². The zero-order valence-electron chi connectivity index (χ0n) is 9.69. The monoisotopic (exact) mass is 257 g/mol. The normalized spacial score (nSPS) is 22.4. The summed E-state index contributed by atoms with van der Waals surface area (Å²) in [5, 5.41) is 0.678. The second kappa shape index (κ2) is 5.89. The average Bonchev–Trinajstić information content (AvgIpc) is 2.67. The number of hydrogen-bond donors (Lipinski definition) is 1. The van der Waals surface area contributed by atoms with Gasteiger partial charge in [0.1, 0.15) is 0 Å². The van der Waals surface area contributed by atoms with Crippen molar-refractivity contribution in [2.45, 2.75) is 35.9 Å². The fourth-order valence-corrected chi connectivity index (χ4v) is 4.02. The van der Waals surface area contributed by atoms with Gasteiger partial charge in [-0.15, -0.1) is 11.8 Å². The summed E-state index contributed by atoms with van der Waals surface area (Å²) in [6.07, 6.45) is 7.29.